The van der Waals surface area contributed by atoms with Crippen molar-refractivity contribution >= 4 is 22.8 Å². The summed E-state index contributed by atoms with van der Waals surface area (Å²) in [5.74, 6) is -4.78. The number of fused-ring (bicyclic) bond motifs is 1. The van der Waals surface area contributed by atoms with Crippen LogP contribution in [0.3, 0.4) is 0 Å². The van der Waals surface area contributed by atoms with Crippen molar-refractivity contribution in [3.8, 4) is 0 Å². The van der Waals surface area contributed by atoms with E-state index < -0.39 is 55.3 Å². The van der Waals surface area contributed by atoms with Gasteiger partial charge in [0.1, 0.15) is 5.69 Å². The smallest absolute Gasteiger partial charge is 0.300 e. The van der Waals surface area contributed by atoms with E-state index in [1.807, 2.05) is 0 Å². The van der Waals surface area contributed by atoms with Gasteiger partial charge in [0.2, 0.25) is 0 Å². The normalized spacial score (nSPS) is 15.7. The van der Waals surface area contributed by atoms with Crippen molar-refractivity contribution in [1.82, 2.24) is 0 Å². The first-order chi connectivity index (χ1) is 17.1. The van der Waals surface area contributed by atoms with E-state index in [0.29, 0.717) is 11.6 Å². The number of carbonyl (C=O) groups excluding carboxylic acids is 1. The standard InChI is InChI=1S/C24H18N4O8/c1-25-21-17(12-16(26(31)32)13-18(21)27(33)34)20(22(24(25)30)28(35)36)19(14-8-4-2-5-9-14)23(29)15-10-6-3-7-11-15/h2-13,19-20,30H,1H3/p-1. The Morgan fingerprint density at radius 2 is 1.44 bits per heavy atom. The minimum Gasteiger partial charge on any atom is -0.856 e. The van der Waals surface area contributed by atoms with Gasteiger partial charge >= 0.3 is 0 Å². The third-order valence-electron chi connectivity index (χ3n) is 6.03. The van der Waals surface area contributed by atoms with Crippen LogP contribution in [0.25, 0.3) is 0 Å². The number of ketones is 1. The van der Waals surface area contributed by atoms with E-state index in [4.69, 9.17) is 0 Å². The first-order valence-corrected chi connectivity index (χ1v) is 10.5. The molecule has 0 aliphatic carbocycles. The lowest BCUT2D eigenvalue weighted by molar-refractivity contribution is -0.449. The molecule has 0 spiro atoms. The molecule has 3 aromatic carbocycles. The molecule has 1 aliphatic rings. The molecule has 2 atom stereocenters. The highest BCUT2D eigenvalue weighted by molar-refractivity contribution is 6.02. The fourth-order valence-electron chi connectivity index (χ4n) is 4.49. The molecule has 0 bridgehead atoms. The first-order valence-electron chi connectivity index (χ1n) is 10.5. The second-order valence-electron chi connectivity index (χ2n) is 8.02. The average molecular weight is 489 g/mol. The van der Waals surface area contributed by atoms with Crippen molar-refractivity contribution in [3.05, 3.63) is 131 Å². The van der Waals surface area contributed by atoms with E-state index in [9.17, 15) is 40.2 Å². The predicted octanol–water partition coefficient (Wildman–Crippen LogP) is 3.51. The second-order valence-corrected chi connectivity index (χ2v) is 8.02. The molecular weight excluding hydrogens is 472 g/mol. The maximum Gasteiger partial charge on any atom is 0.300 e. The zero-order valence-electron chi connectivity index (χ0n) is 18.6. The number of rotatable bonds is 7. The highest BCUT2D eigenvalue weighted by atomic mass is 16.6. The third kappa shape index (κ3) is 4.00. The molecule has 12 nitrogen and oxygen atoms in total. The van der Waals surface area contributed by atoms with Gasteiger partial charge in [0.05, 0.1) is 32.7 Å². The molecule has 0 N–H and O–H groups in total. The molecule has 0 fully saturated rings. The summed E-state index contributed by atoms with van der Waals surface area (Å²) >= 11 is 0. The second kappa shape index (κ2) is 9.25. The van der Waals surface area contributed by atoms with E-state index in [1.54, 1.807) is 36.4 Å². The Bertz CT molecular complexity index is 1420. The number of Topliss-reactive ketones (excluding diaryl/α,β-unsaturated/α-hetero) is 1. The molecule has 0 aromatic heterocycles. The Kier molecular flexibility index (Phi) is 6.17. The average Bonchev–Trinajstić information content (AvgIpc) is 2.87. The van der Waals surface area contributed by atoms with Crippen LogP contribution in [0.4, 0.5) is 17.1 Å². The lowest BCUT2D eigenvalue weighted by Gasteiger charge is -2.38. The molecule has 4 rings (SSSR count). The number of allylic oxidation sites excluding steroid dienone is 1. The van der Waals surface area contributed by atoms with Gasteiger partial charge in [0, 0.05) is 30.1 Å². The summed E-state index contributed by atoms with van der Waals surface area (Å²) in [4.78, 5) is 47.5. The minimum atomic E-state index is -1.65. The quantitative estimate of drug-likeness (QED) is 0.273. The maximum atomic E-state index is 13.8. The Balaban J connectivity index is 2.11. The Morgan fingerprint density at radius 3 is 1.97 bits per heavy atom. The van der Waals surface area contributed by atoms with E-state index in [-0.39, 0.29) is 16.8 Å². The molecule has 12 heteroatoms. The maximum absolute atomic E-state index is 13.8. The molecule has 1 heterocycles. The van der Waals surface area contributed by atoms with Gasteiger partial charge < -0.3 is 10.0 Å². The SMILES string of the molecule is CN1C([O-])=C([N+](=O)[O-])C(C(C(=O)c2ccccc2)c2ccccc2)c2cc([N+](=O)[O-])cc([N+](=O)[O-])c21. The van der Waals surface area contributed by atoms with Gasteiger partial charge in [-0.3, -0.25) is 35.1 Å². The largest absolute Gasteiger partial charge is 0.856 e. The van der Waals surface area contributed by atoms with Gasteiger partial charge in [0.15, 0.2) is 5.78 Å². The molecule has 2 unspecified atom stereocenters. The summed E-state index contributed by atoms with van der Waals surface area (Å²) in [5.41, 5.74) is -2.49. The number of nitro groups is 3. The van der Waals surface area contributed by atoms with E-state index >= 15 is 0 Å². The molecule has 1 aliphatic heterocycles. The number of carbonyl (C=O) groups is 1. The molecular formula is C24H17N4O8-. The Labute approximate surface area is 203 Å². The van der Waals surface area contributed by atoms with Crippen LogP contribution < -0.4 is 10.0 Å². The fraction of sp³-hybridized carbons (Fsp3) is 0.125. The van der Waals surface area contributed by atoms with Crippen molar-refractivity contribution in [2.75, 3.05) is 11.9 Å². The number of benzene rings is 3. The molecule has 0 saturated carbocycles. The summed E-state index contributed by atoms with van der Waals surface area (Å²) in [6.45, 7) is 0. The van der Waals surface area contributed by atoms with Gasteiger partial charge in [-0.2, -0.15) is 0 Å². The van der Waals surface area contributed by atoms with Gasteiger partial charge in [-0.05, 0) is 5.56 Å². The first kappa shape index (κ1) is 24.0. The van der Waals surface area contributed by atoms with Gasteiger partial charge in [-0.1, -0.05) is 60.7 Å². The van der Waals surface area contributed by atoms with Crippen LogP contribution >= 0.6 is 0 Å². The van der Waals surface area contributed by atoms with E-state index in [2.05, 4.69) is 0 Å². The van der Waals surface area contributed by atoms with Crippen molar-refractivity contribution in [1.29, 1.82) is 0 Å². The summed E-state index contributed by atoms with van der Waals surface area (Å²) < 4.78 is 0. The van der Waals surface area contributed by atoms with Crippen LogP contribution in [0.2, 0.25) is 0 Å². The van der Waals surface area contributed by atoms with Crippen molar-refractivity contribution in [2.24, 2.45) is 0 Å². The lowest BCUT2D eigenvalue weighted by atomic mass is 9.73. The van der Waals surface area contributed by atoms with Gasteiger partial charge in [0.25, 0.3) is 17.1 Å². The van der Waals surface area contributed by atoms with E-state index in [0.717, 1.165) is 18.0 Å². The van der Waals surface area contributed by atoms with Crippen LogP contribution in [0, 0.1) is 30.3 Å². The number of nitrogens with zero attached hydrogens (tertiary/aromatic N) is 4. The predicted molar refractivity (Wildman–Crippen MR) is 125 cm³/mol. The monoisotopic (exact) mass is 489 g/mol. The number of nitro benzene ring substituents is 2. The van der Waals surface area contributed by atoms with Crippen molar-refractivity contribution in [2.45, 2.75) is 11.8 Å². The lowest BCUT2D eigenvalue weighted by Crippen LogP contribution is -2.39. The highest BCUT2D eigenvalue weighted by Gasteiger charge is 2.47. The van der Waals surface area contributed by atoms with Crippen LogP contribution in [-0.2, 0) is 0 Å². The third-order valence-corrected chi connectivity index (χ3v) is 6.03. The topological polar surface area (TPSA) is 173 Å². The molecule has 0 saturated heterocycles. The number of hydrogen-bond donors (Lipinski definition) is 0. The molecule has 182 valence electrons. The van der Waals surface area contributed by atoms with Gasteiger partial charge in [-0.15, -0.1) is 0 Å². The van der Waals surface area contributed by atoms with Crippen molar-refractivity contribution in [3.63, 3.8) is 0 Å². The molecule has 0 radical (unpaired) electrons. The van der Waals surface area contributed by atoms with Crippen LogP contribution in [0.1, 0.15) is 33.3 Å². The van der Waals surface area contributed by atoms with E-state index in [1.165, 1.54) is 24.3 Å². The zero-order chi connectivity index (χ0) is 26.1. The van der Waals surface area contributed by atoms with Gasteiger partial charge in [-0.25, -0.2) is 0 Å². The van der Waals surface area contributed by atoms with Crippen LogP contribution in [0.5, 0.6) is 0 Å². The number of non-ortho nitro benzene ring substituents is 1. The minimum absolute atomic E-state index is 0.182. The van der Waals surface area contributed by atoms with Crippen LogP contribution in [-0.4, -0.2) is 27.6 Å². The molecule has 36 heavy (non-hydrogen) atoms. The summed E-state index contributed by atoms with van der Waals surface area (Å²) in [6, 6.07) is 17.4. The Morgan fingerprint density at radius 1 is 0.861 bits per heavy atom. The summed E-state index contributed by atoms with van der Waals surface area (Å²) in [6.07, 6.45) is 0. The van der Waals surface area contributed by atoms with Crippen molar-refractivity contribution < 1.29 is 24.7 Å². The zero-order valence-corrected chi connectivity index (χ0v) is 18.6. The number of anilines is 1. The highest BCUT2D eigenvalue weighted by Crippen LogP contribution is 2.52. The molecule has 3 aromatic rings. The summed E-state index contributed by atoms with van der Waals surface area (Å²) in [5, 5.41) is 48.9. The fourth-order valence-corrected chi connectivity index (χ4v) is 4.49. The van der Waals surface area contributed by atoms with Crippen LogP contribution in [0.15, 0.2) is 84.4 Å². The Hall–Kier alpha value is -5.13. The summed E-state index contributed by atoms with van der Waals surface area (Å²) in [7, 11) is 1.11. The molecule has 0 amide bonds. The number of hydrogen-bond acceptors (Lipinski definition) is 9.